The van der Waals surface area contributed by atoms with Crippen LogP contribution in [-0.2, 0) is 0 Å². The van der Waals surface area contributed by atoms with Crippen LogP contribution in [0.4, 0.5) is 10.5 Å². The van der Waals surface area contributed by atoms with Crippen LogP contribution >= 0.6 is 0 Å². The van der Waals surface area contributed by atoms with E-state index in [4.69, 9.17) is 0 Å². The number of rotatable bonds is 4. The number of amides is 2. The molecule has 0 bridgehead atoms. The molecule has 2 atom stereocenters. The molecule has 0 spiro atoms. The Labute approximate surface area is 141 Å². The molecule has 0 radical (unpaired) electrons. The predicted octanol–water partition coefficient (Wildman–Crippen LogP) is 2.17. The van der Waals surface area contributed by atoms with Crippen LogP contribution in [0.15, 0.2) is 24.4 Å². The number of urea groups is 1. The number of carbonyl (C=O) groups is 1. The summed E-state index contributed by atoms with van der Waals surface area (Å²) in [5, 5.41) is 19.7. The van der Waals surface area contributed by atoms with Gasteiger partial charge in [0, 0.05) is 18.2 Å². The normalized spacial score (nSPS) is 20.1. The lowest BCUT2D eigenvalue weighted by Crippen LogP contribution is -2.35. The van der Waals surface area contributed by atoms with Crippen molar-refractivity contribution in [2.75, 3.05) is 11.9 Å². The van der Waals surface area contributed by atoms with Gasteiger partial charge >= 0.3 is 6.03 Å². The van der Waals surface area contributed by atoms with E-state index in [0.717, 1.165) is 30.7 Å². The Morgan fingerprint density at radius 1 is 1.38 bits per heavy atom. The van der Waals surface area contributed by atoms with Gasteiger partial charge in [-0.25, -0.2) is 14.5 Å². The predicted molar refractivity (Wildman–Crippen MR) is 91.2 cm³/mol. The molecule has 2 amide bonds. The number of pyridine rings is 1. The molecule has 24 heavy (non-hydrogen) atoms. The molecule has 0 aliphatic heterocycles. The second-order valence-corrected chi connectivity index (χ2v) is 6.34. The largest absolute Gasteiger partial charge is 0.393 e. The van der Waals surface area contributed by atoms with E-state index in [0.29, 0.717) is 18.1 Å². The molecule has 1 aliphatic carbocycles. The zero-order valence-electron chi connectivity index (χ0n) is 14.0. The lowest BCUT2D eigenvalue weighted by Gasteiger charge is -2.15. The van der Waals surface area contributed by atoms with Gasteiger partial charge in [-0.15, -0.1) is 0 Å². The molecule has 0 unspecified atom stereocenters. The smallest absolute Gasteiger partial charge is 0.319 e. The third-order valence-corrected chi connectivity index (χ3v) is 4.38. The van der Waals surface area contributed by atoms with Crippen molar-refractivity contribution < 1.29 is 9.90 Å². The fourth-order valence-corrected chi connectivity index (χ4v) is 3.10. The zero-order valence-corrected chi connectivity index (χ0v) is 14.0. The van der Waals surface area contributed by atoms with Gasteiger partial charge in [0.15, 0.2) is 5.82 Å². The van der Waals surface area contributed by atoms with Crippen LogP contribution < -0.4 is 10.6 Å². The Morgan fingerprint density at radius 3 is 2.79 bits per heavy atom. The average molecular weight is 329 g/mol. The van der Waals surface area contributed by atoms with Gasteiger partial charge in [0.2, 0.25) is 0 Å². The molecular weight excluding hydrogens is 306 g/mol. The van der Waals surface area contributed by atoms with Crippen LogP contribution in [-0.4, -0.2) is 38.6 Å². The molecule has 128 valence electrons. The number of hydrogen-bond donors (Lipinski definition) is 3. The molecule has 2 aromatic rings. The number of anilines is 1. The van der Waals surface area contributed by atoms with E-state index in [2.05, 4.69) is 20.7 Å². The van der Waals surface area contributed by atoms with Crippen LogP contribution in [0.25, 0.3) is 5.82 Å². The summed E-state index contributed by atoms with van der Waals surface area (Å²) in [4.78, 5) is 16.3. The number of nitrogens with one attached hydrogen (secondary N) is 2. The van der Waals surface area contributed by atoms with Crippen LogP contribution in [0, 0.1) is 19.8 Å². The number of aliphatic hydroxyl groups is 1. The topological polar surface area (TPSA) is 92.1 Å². The van der Waals surface area contributed by atoms with E-state index in [-0.39, 0.29) is 18.1 Å². The molecule has 1 aliphatic rings. The maximum atomic E-state index is 11.9. The molecule has 7 heteroatoms. The highest BCUT2D eigenvalue weighted by Gasteiger charge is 2.25. The second kappa shape index (κ2) is 7.00. The number of hydrogen-bond acceptors (Lipinski definition) is 4. The molecule has 0 aromatic carbocycles. The maximum absolute atomic E-state index is 11.9. The van der Waals surface area contributed by atoms with Crippen molar-refractivity contribution in [3.05, 3.63) is 35.8 Å². The average Bonchev–Trinajstić information content (AvgIpc) is 3.11. The SMILES string of the molecule is Cc1cc(C)n(-c2ccc(NC(=O)NC[C@H]3CCC[C@H]3O)cn2)n1. The highest BCUT2D eigenvalue weighted by molar-refractivity contribution is 5.89. The monoisotopic (exact) mass is 329 g/mol. The summed E-state index contributed by atoms with van der Waals surface area (Å²) in [5.41, 5.74) is 2.56. The van der Waals surface area contributed by atoms with E-state index in [1.807, 2.05) is 26.0 Å². The summed E-state index contributed by atoms with van der Waals surface area (Å²) in [6, 6.07) is 5.31. The van der Waals surface area contributed by atoms with Crippen LogP contribution in [0.5, 0.6) is 0 Å². The zero-order chi connectivity index (χ0) is 17.1. The van der Waals surface area contributed by atoms with Gasteiger partial charge in [-0.3, -0.25) is 0 Å². The lowest BCUT2D eigenvalue weighted by molar-refractivity contribution is 0.133. The first-order valence-electron chi connectivity index (χ1n) is 8.25. The Hall–Kier alpha value is -2.41. The van der Waals surface area contributed by atoms with E-state index >= 15 is 0 Å². The van der Waals surface area contributed by atoms with Gasteiger partial charge in [0.25, 0.3) is 0 Å². The quantitative estimate of drug-likeness (QED) is 0.801. The van der Waals surface area contributed by atoms with Crippen LogP contribution in [0.1, 0.15) is 30.7 Å². The summed E-state index contributed by atoms with van der Waals surface area (Å²) < 4.78 is 1.76. The number of aryl methyl sites for hydroxylation is 2. The number of aromatic nitrogens is 3. The van der Waals surface area contributed by atoms with Gasteiger partial charge < -0.3 is 15.7 Å². The minimum atomic E-state index is -0.299. The van der Waals surface area contributed by atoms with Crippen molar-refractivity contribution in [1.29, 1.82) is 0 Å². The fourth-order valence-electron chi connectivity index (χ4n) is 3.10. The number of carbonyl (C=O) groups excluding carboxylic acids is 1. The maximum Gasteiger partial charge on any atom is 0.319 e. The van der Waals surface area contributed by atoms with E-state index in [1.54, 1.807) is 16.9 Å². The summed E-state index contributed by atoms with van der Waals surface area (Å²) in [6.45, 7) is 4.40. The minimum absolute atomic E-state index is 0.155. The first-order valence-corrected chi connectivity index (χ1v) is 8.25. The van der Waals surface area contributed by atoms with Crippen molar-refractivity contribution in [3.8, 4) is 5.82 Å². The summed E-state index contributed by atoms with van der Waals surface area (Å²) in [6.07, 6.45) is 4.11. The first-order chi connectivity index (χ1) is 11.5. The molecule has 1 saturated carbocycles. The van der Waals surface area contributed by atoms with E-state index in [1.165, 1.54) is 0 Å². The molecule has 0 saturated heterocycles. The van der Waals surface area contributed by atoms with Crippen molar-refractivity contribution >= 4 is 11.7 Å². The first kappa shape index (κ1) is 16.4. The van der Waals surface area contributed by atoms with Crippen molar-refractivity contribution in [2.45, 2.75) is 39.2 Å². The van der Waals surface area contributed by atoms with Crippen molar-refractivity contribution in [2.24, 2.45) is 5.92 Å². The third-order valence-electron chi connectivity index (χ3n) is 4.38. The number of nitrogens with zero attached hydrogens (tertiary/aromatic N) is 3. The van der Waals surface area contributed by atoms with Gasteiger partial charge in [-0.1, -0.05) is 6.42 Å². The highest BCUT2D eigenvalue weighted by atomic mass is 16.3. The molecule has 2 aromatic heterocycles. The van der Waals surface area contributed by atoms with Gasteiger partial charge in [0.05, 0.1) is 23.7 Å². The fraction of sp³-hybridized carbons (Fsp3) is 0.471. The minimum Gasteiger partial charge on any atom is -0.393 e. The van der Waals surface area contributed by atoms with Gasteiger partial charge in [0.1, 0.15) is 0 Å². The summed E-state index contributed by atoms with van der Waals surface area (Å²) >= 11 is 0. The van der Waals surface area contributed by atoms with Crippen LogP contribution in [0.3, 0.4) is 0 Å². The van der Waals surface area contributed by atoms with Crippen molar-refractivity contribution in [1.82, 2.24) is 20.1 Å². The Kier molecular flexibility index (Phi) is 4.80. The number of aliphatic hydroxyl groups excluding tert-OH is 1. The molecule has 3 N–H and O–H groups in total. The van der Waals surface area contributed by atoms with E-state index < -0.39 is 0 Å². The molecule has 2 heterocycles. The summed E-state index contributed by atoms with van der Waals surface area (Å²) in [5.74, 6) is 0.864. The van der Waals surface area contributed by atoms with Crippen molar-refractivity contribution in [3.63, 3.8) is 0 Å². The molecular formula is C17H23N5O2. The Balaban J connectivity index is 1.56. The standard InChI is InChI=1S/C17H23N5O2/c1-11-8-12(2)22(21-11)16-7-6-14(10-18-16)20-17(24)19-9-13-4-3-5-15(13)23/h6-8,10,13,15,23H,3-5,9H2,1-2H3,(H2,19,20,24)/t13-,15-/m1/s1. The Morgan fingerprint density at radius 2 is 2.21 bits per heavy atom. The van der Waals surface area contributed by atoms with Gasteiger partial charge in [-0.2, -0.15) is 5.10 Å². The second-order valence-electron chi connectivity index (χ2n) is 6.34. The molecule has 1 fully saturated rings. The summed E-state index contributed by atoms with van der Waals surface area (Å²) in [7, 11) is 0. The molecule has 3 rings (SSSR count). The lowest BCUT2D eigenvalue weighted by atomic mass is 10.1. The van der Waals surface area contributed by atoms with Gasteiger partial charge in [-0.05, 0) is 44.9 Å². The van der Waals surface area contributed by atoms with E-state index in [9.17, 15) is 9.90 Å². The molecule has 7 nitrogen and oxygen atoms in total. The third kappa shape index (κ3) is 3.73. The van der Waals surface area contributed by atoms with Crippen LogP contribution in [0.2, 0.25) is 0 Å². The Bertz CT molecular complexity index is 710. The highest BCUT2D eigenvalue weighted by Crippen LogP contribution is 2.24.